The topological polar surface area (TPSA) is 12.0 Å². The number of anilines is 1. The van der Waals surface area contributed by atoms with E-state index in [2.05, 4.69) is 5.32 Å². The van der Waals surface area contributed by atoms with Crippen molar-refractivity contribution in [3.8, 4) is 0 Å². The number of nitrogens with one attached hydrogen (secondary N) is 1. The first-order valence-corrected chi connectivity index (χ1v) is 8.57. The molecular weight excluding hydrogens is 462 g/mol. The fourth-order valence-corrected chi connectivity index (χ4v) is 2.88. The van der Waals surface area contributed by atoms with E-state index in [9.17, 15) is 26.3 Å². The van der Waals surface area contributed by atoms with Crippen molar-refractivity contribution in [2.24, 2.45) is 0 Å². The third-order valence-electron chi connectivity index (χ3n) is 3.43. The second-order valence-corrected chi connectivity index (χ2v) is 8.27. The highest BCUT2D eigenvalue weighted by atomic mass is 35.6. The summed E-state index contributed by atoms with van der Waals surface area (Å²) >= 11 is 23.4. The quantitative estimate of drug-likeness (QED) is 0.355. The van der Waals surface area contributed by atoms with Crippen molar-refractivity contribution < 1.29 is 26.3 Å². The lowest BCUT2D eigenvalue weighted by atomic mass is 10.1. The zero-order valence-electron chi connectivity index (χ0n) is 12.9. The smallest absolute Gasteiger partial charge is 0.374 e. The highest BCUT2D eigenvalue weighted by Gasteiger charge is 2.38. The van der Waals surface area contributed by atoms with Gasteiger partial charge in [-0.05, 0) is 35.9 Å². The standard InChI is InChI=1S/C16H9Cl4F6N/c17-11-3-1-8(2-4-11)13(14(18,19)20)27-12-6-9(15(21,22)23)5-10(7-12)16(24,25)26/h1-7,13,27H. The van der Waals surface area contributed by atoms with Crippen LogP contribution in [-0.2, 0) is 12.4 Å². The largest absolute Gasteiger partial charge is 0.416 e. The normalized spacial score (nSPS) is 14.1. The lowest BCUT2D eigenvalue weighted by Gasteiger charge is -2.28. The molecule has 148 valence electrons. The molecule has 2 rings (SSSR count). The molecule has 1 atom stereocenters. The molecule has 1 nitrogen and oxygen atoms in total. The maximum atomic E-state index is 13.0. The fraction of sp³-hybridized carbons (Fsp3) is 0.250. The predicted molar refractivity (Wildman–Crippen MR) is 94.6 cm³/mol. The first-order valence-electron chi connectivity index (χ1n) is 7.06. The molecule has 0 aromatic heterocycles. The fourth-order valence-electron chi connectivity index (χ4n) is 2.21. The van der Waals surface area contributed by atoms with Gasteiger partial charge in [-0.1, -0.05) is 58.5 Å². The molecule has 0 aliphatic rings. The van der Waals surface area contributed by atoms with Crippen molar-refractivity contribution in [2.75, 3.05) is 5.32 Å². The average molecular weight is 471 g/mol. The van der Waals surface area contributed by atoms with Crippen molar-refractivity contribution in [2.45, 2.75) is 22.2 Å². The lowest BCUT2D eigenvalue weighted by molar-refractivity contribution is -0.143. The van der Waals surface area contributed by atoms with Gasteiger partial charge in [0.05, 0.1) is 17.2 Å². The molecule has 0 saturated carbocycles. The zero-order chi connectivity index (χ0) is 20.6. The Morgan fingerprint density at radius 2 is 1.19 bits per heavy atom. The maximum absolute atomic E-state index is 13.0. The number of alkyl halides is 9. The van der Waals surface area contributed by atoms with E-state index in [1.165, 1.54) is 24.3 Å². The summed E-state index contributed by atoms with van der Waals surface area (Å²) in [5, 5.41) is 2.79. The SMILES string of the molecule is FC(F)(F)c1cc(NC(c2ccc(Cl)cc2)C(Cl)(Cl)Cl)cc(C(F)(F)F)c1. The molecule has 11 heteroatoms. The molecule has 0 saturated heterocycles. The van der Waals surface area contributed by atoms with Crippen LogP contribution in [0.15, 0.2) is 42.5 Å². The number of hydrogen-bond donors (Lipinski definition) is 1. The minimum absolute atomic E-state index is 0.0117. The predicted octanol–water partition coefficient (Wildman–Crippen LogP) is 7.90. The van der Waals surface area contributed by atoms with Crippen molar-refractivity contribution in [3.63, 3.8) is 0 Å². The molecule has 0 amide bonds. The molecule has 0 heterocycles. The van der Waals surface area contributed by atoms with Gasteiger partial charge in [-0.15, -0.1) is 0 Å². The van der Waals surface area contributed by atoms with Gasteiger partial charge >= 0.3 is 12.4 Å². The van der Waals surface area contributed by atoms with Crippen LogP contribution in [0.3, 0.4) is 0 Å². The molecule has 0 aliphatic heterocycles. The highest BCUT2D eigenvalue weighted by molar-refractivity contribution is 6.68. The maximum Gasteiger partial charge on any atom is 0.416 e. The number of benzene rings is 2. The Morgan fingerprint density at radius 1 is 0.741 bits per heavy atom. The van der Waals surface area contributed by atoms with Gasteiger partial charge in [0.15, 0.2) is 0 Å². The average Bonchev–Trinajstić information content (AvgIpc) is 2.50. The van der Waals surface area contributed by atoms with E-state index in [1.54, 1.807) is 0 Å². The van der Waals surface area contributed by atoms with Crippen LogP contribution in [0.4, 0.5) is 32.0 Å². The van der Waals surface area contributed by atoms with Gasteiger partial charge in [-0.2, -0.15) is 26.3 Å². The van der Waals surface area contributed by atoms with E-state index in [1.807, 2.05) is 0 Å². The Morgan fingerprint density at radius 3 is 1.56 bits per heavy atom. The third-order valence-corrected chi connectivity index (χ3v) is 4.34. The van der Waals surface area contributed by atoms with Crippen LogP contribution in [0.5, 0.6) is 0 Å². The summed E-state index contributed by atoms with van der Waals surface area (Å²) in [4.78, 5) is 0. The summed E-state index contributed by atoms with van der Waals surface area (Å²) in [5.74, 6) is 0. The Labute approximate surface area is 170 Å². The van der Waals surface area contributed by atoms with Gasteiger partial charge in [0, 0.05) is 10.7 Å². The monoisotopic (exact) mass is 469 g/mol. The van der Waals surface area contributed by atoms with Gasteiger partial charge in [-0.25, -0.2) is 0 Å². The molecule has 1 unspecified atom stereocenters. The molecule has 0 spiro atoms. The van der Waals surface area contributed by atoms with Gasteiger partial charge in [0.1, 0.15) is 0 Å². The van der Waals surface area contributed by atoms with Gasteiger partial charge in [0.2, 0.25) is 3.79 Å². The first kappa shape index (κ1) is 22.3. The molecule has 27 heavy (non-hydrogen) atoms. The third kappa shape index (κ3) is 5.98. The minimum Gasteiger partial charge on any atom is -0.374 e. The van der Waals surface area contributed by atoms with Crippen LogP contribution in [-0.4, -0.2) is 3.79 Å². The lowest BCUT2D eigenvalue weighted by Crippen LogP contribution is -2.25. The van der Waals surface area contributed by atoms with E-state index < -0.39 is 39.0 Å². The molecule has 2 aromatic rings. The first-order chi connectivity index (χ1) is 12.2. The van der Waals surface area contributed by atoms with Crippen LogP contribution < -0.4 is 5.32 Å². The molecular formula is C16H9Cl4F6N. The van der Waals surface area contributed by atoms with Crippen molar-refractivity contribution in [1.82, 2.24) is 0 Å². The molecule has 0 aliphatic carbocycles. The van der Waals surface area contributed by atoms with Crippen LogP contribution in [0, 0.1) is 0 Å². The van der Waals surface area contributed by atoms with Crippen LogP contribution in [0.25, 0.3) is 0 Å². The van der Waals surface area contributed by atoms with Crippen molar-refractivity contribution >= 4 is 52.1 Å². The van der Waals surface area contributed by atoms with Crippen LogP contribution >= 0.6 is 46.4 Å². The zero-order valence-corrected chi connectivity index (χ0v) is 15.9. The molecule has 1 N–H and O–H groups in total. The van der Waals surface area contributed by atoms with Crippen LogP contribution in [0.2, 0.25) is 5.02 Å². The van der Waals surface area contributed by atoms with E-state index >= 15 is 0 Å². The second-order valence-electron chi connectivity index (χ2n) is 5.47. The van der Waals surface area contributed by atoms with Gasteiger partial charge < -0.3 is 5.32 Å². The number of rotatable bonds is 3. The summed E-state index contributed by atoms with van der Waals surface area (Å²) < 4.78 is 75.8. The summed E-state index contributed by atoms with van der Waals surface area (Å²) in [6.45, 7) is 0. The van der Waals surface area contributed by atoms with E-state index in [-0.39, 0.29) is 6.07 Å². The van der Waals surface area contributed by atoms with E-state index in [4.69, 9.17) is 46.4 Å². The Hall–Kier alpha value is -1.02. The summed E-state index contributed by atoms with van der Waals surface area (Å²) in [7, 11) is 0. The molecule has 0 fully saturated rings. The molecule has 0 radical (unpaired) electrons. The molecule has 0 bridgehead atoms. The van der Waals surface area contributed by atoms with E-state index in [0.717, 1.165) is 0 Å². The van der Waals surface area contributed by atoms with Crippen molar-refractivity contribution in [1.29, 1.82) is 0 Å². The summed E-state index contributed by atoms with van der Waals surface area (Å²) in [6, 6.07) is 5.52. The number of halogens is 10. The highest BCUT2D eigenvalue weighted by Crippen LogP contribution is 2.44. The van der Waals surface area contributed by atoms with Gasteiger partial charge in [0.25, 0.3) is 0 Å². The Kier molecular flexibility index (Phi) is 6.41. The Balaban J connectivity index is 2.52. The second kappa shape index (κ2) is 7.78. The molecule has 2 aromatic carbocycles. The summed E-state index contributed by atoms with van der Waals surface area (Å²) in [6.07, 6.45) is -9.99. The van der Waals surface area contributed by atoms with Crippen LogP contribution in [0.1, 0.15) is 22.7 Å². The van der Waals surface area contributed by atoms with Crippen molar-refractivity contribution in [3.05, 3.63) is 64.2 Å². The van der Waals surface area contributed by atoms with E-state index in [0.29, 0.717) is 22.7 Å². The summed E-state index contributed by atoms with van der Waals surface area (Å²) in [5.41, 5.74) is -3.19. The van der Waals surface area contributed by atoms with Gasteiger partial charge in [-0.3, -0.25) is 0 Å². The Bertz CT molecular complexity index is 764. The minimum atomic E-state index is -4.99. The number of hydrogen-bond acceptors (Lipinski definition) is 1.